The summed E-state index contributed by atoms with van der Waals surface area (Å²) in [5.41, 5.74) is 0. The van der Waals surface area contributed by atoms with Crippen LogP contribution in [-0.4, -0.2) is 73.5 Å². The Morgan fingerprint density at radius 1 is 1.47 bits per heavy atom. The summed E-state index contributed by atoms with van der Waals surface area (Å²) in [6.45, 7) is 6.69. The second kappa shape index (κ2) is 7.95. The molecule has 1 saturated heterocycles. The second-order valence-electron chi connectivity index (χ2n) is 4.55. The second-order valence-corrected chi connectivity index (χ2v) is 5.46. The van der Waals surface area contributed by atoms with Crippen molar-refractivity contribution in [1.29, 1.82) is 0 Å². The topological polar surface area (TPSA) is 35.6 Å². The molecule has 1 rings (SSSR count). The lowest BCUT2D eigenvalue weighted by atomic mass is 10.2. The molecule has 1 aliphatic heterocycles. The molecule has 1 unspecified atom stereocenters. The van der Waals surface area contributed by atoms with E-state index in [9.17, 15) is 4.79 Å². The van der Waals surface area contributed by atoms with Gasteiger partial charge >= 0.3 is 0 Å². The first-order chi connectivity index (χ1) is 8.19. The number of hydrogen-bond donors (Lipinski definition) is 1. The maximum absolute atomic E-state index is 12.1. The van der Waals surface area contributed by atoms with Crippen molar-refractivity contribution < 1.29 is 4.79 Å². The minimum absolute atomic E-state index is 0.257. The van der Waals surface area contributed by atoms with Crippen LogP contribution in [0.4, 0.5) is 0 Å². The minimum Gasteiger partial charge on any atom is -0.341 e. The van der Waals surface area contributed by atoms with Crippen molar-refractivity contribution in [2.45, 2.75) is 19.4 Å². The third-order valence-electron chi connectivity index (χ3n) is 3.34. The highest BCUT2D eigenvalue weighted by Gasteiger charge is 2.20. The van der Waals surface area contributed by atoms with Gasteiger partial charge in [-0.05, 0) is 12.7 Å². The summed E-state index contributed by atoms with van der Waals surface area (Å²) in [7, 11) is 1.94. The van der Waals surface area contributed by atoms with Crippen molar-refractivity contribution >= 4 is 17.7 Å². The number of hydrogen-bond acceptors (Lipinski definition) is 4. The maximum atomic E-state index is 12.1. The molecule has 1 heterocycles. The molecule has 0 aromatic rings. The number of likely N-dealkylation sites (N-methyl/N-ethyl adjacent to an activating group) is 1. The average molecular weight is 259 g/mol. The zero-order chi connectivity index (χ0) is 12.7. The average Bonchev–Trinajstić information content (AvgIpc) is 2.36. The van der Waals surface area contributed by atoms with Gasteiger partial charge in [0.1, 0.15) is 0 Å². The van der Waals surface area contributed by atoms with Gasteiger partial charge in [-0.15, -0.1) is 0 Å². The molecule has 1 atom stereocenters. The Bertz CT molecular complexity index is 232. The monoisotopic (exact) mass is 259 g/mol. The molecule has 0 aliphatic carbocycles. The molecule has 0 radical (unpaired) electrons. The van der Waals surface area contributed by atoms with Crippen LogP contribution in [0.3, 0.4) is 0 Å². The molecular weight excluding hydrogens is 234 g/mol. The highest BCUT2D eigenvalue weighted by molar-refractivity contribution is 7.98. The standard InChI is InChI=1S/C12H25N3OS/c1-4-11(10-17-3)14(2)12(16)9-15-7-5-13-6-8-15/h11,13H,4-10H2,1-3H3. The summed E-state index contributed by atoms with van der Waals surface area (Å²) < 4.78 is 0. The van der Waals surface area contributed by atoms with Gasteiger partial charge in [-0.1, -0.05) is 6.92 Å². The zero-order valence-corrected chi connectivity index (χ0v) is 12.1. The first-order valence-corrected chi connectivity index (χ1v) is 7.76. The van der Waals surface area contributed by atoms with E-state index in [-0.39, 0.29) is 5.91 Å². The molecule has 0 bridgehead atoms. The smallest absolute Gasteiger partial charge is 0.236 e. The van der Waals surface area contributed by atoms with Gasteiger partial charge in [-0.3, -0.25) is 9.69 Å². The first kappa shape index (κ1) is 14.8. The SMILES string of the molecule is CCC(CSC)N(C)C(=O)CN1CCNCC1. The molecule has 1 N–H and O–H groups in total. The fourth-order valence-corrected chi connectivity index (χ4v) is 2.92. The number of amides is 1. The molecule has 0 saturated carbocycles. The van der Waals surface area contributed by atoms with Crippen LogP contribution < -0.4 is 5.32 Å². The Balaban J connectivity index is 2.38. The van der Waals surface area contributed by atoms with E-state index in [0.29, 0.717) is 12.6 Å². The van der Waals surface area contributed by atoms with E-state index in [4.69, 9.17) is 0 Å². The summed E-state index contributed by atoms with van der Waals surface area (Å²) in [5.74, 6) is 1.29. The van der Waals surface area contributed by atoms with Crippen LogP contribution in [0.1, 0.15) is 13.3 Å². The summed E-state index contributed by atoms with van der Waals surface area (Å²) in [5, 5.41) is 3.30. The van der Waals surface area contributed by atoms with Gasteiger partial charge < -0.3 is 10.2 Å². The van der Waals surface area contributed by atoms with Crippen LogP contribution in [0.5, 0.6) is 0 Å². The first-order valence-electron chi connectivity index (χ1n) is 6.36. The van der Waals surface area contributed by atoms with Gasteiger partial charge in [0, 0.05) is 45.0 Å². The summed E-state index contributed by atoms with van der Waals surface area (Å²) in [6.07, 6.45) is 3.13. The summed E-state index contributed by atoms with van der Waals surface area (Å²) >= 11 is 1.81. The molecule has 100 valence electrons. The molecule has 0 aromatic heterocycles. The van der Waals surface area contributed by atoms with E-state index >= 15 is 0 Å². The van der Waals surface area contributed by atoms with Gasteiger partial charge in [0.2, 0.25) is 5.91 Å². The Morgan fingerprint density at radius 3 is 2.65 bits per heavy atom. The lowest BCUT2D eigenvalue weighted by Crippen LogP contribution is -2.49. The van der Waals surface area contributed by atoms with Crippen LogP contribution in [-0.2, 0) is 4.79 Å². The van der Waals surface area contributed by atoms with E-state index in [1.165, 1.54) is 0 Å². The molecule has 0 aromatic carbocycles. The third kappa shape index (κ3) is 4.85. The predicted molar refractivity (Wildman–Crippen MR) is 74.5 cm³/mol. The van der Waals surface area contributed by atoms with E-state index in [0.717, 1.165) is 38.4 Å². The Hall–Kier alpha value is -0.260. The highest BCUT2D eigenvalue weighted by atomic mass is 32.2. The molecule has 0 spiro atoms. The van der Waals surface area contributed by atoms with Crippen molar-refractivity contribution in [2.24, 2.45) is 0 Å². The number of rotatable bonds is 6. The van der Waals surface area contributed by atoms with E-state index < -0.39 is 0 Å². The van der Waals surface area contributed by atoms with E-state index in [2.05, 4.69) is 23.4 Å². The minimum atomic E-state index is 0.257. The Labute approximate surface area is 109 Å². The van der Waals surface area contributed by atoms with Crippen LogP contribution in [0.15, 0.2) is 0 Å². The van der Waals surface area contributed by atoms with Gasteiger partial charge in [-0.25, -0.2) is 0 Å². The number of nitrogens with one attached hydrogen (secondary N) is 1. The van der Waals surface area contributed by atoms with Gasteiger partial charge in [0.05, 0.1) is 6.54 Å². The van der Waals surface area contributed by atoms with Crippen LogP contribution in [0.25, 0.3) is 0 Å². The lowest BCUT2D eigenvalue weighted by molar-refractivity contribution is -0.133. The number of carbonyl (C=O) groups is 1. The lowest BCUT2D eigenvalue weighted by Gasteiger charge is -2.31. The van der Waals surface area contributed by atoms with Crippen molar-refractivity contribution in [1.82, 2.24) is 15.1 Å². The molecule has 1 fully saturated rings. The largest absolute Gasteiger partial charge is 0.341 e. The van der Waals surface area contributed by atoms with Crippen molar-refractivity contribution in [2.75, 3.05) is 51.8 Å². The number of piperazine rings is 1. The number of nitrogens with zero attached hydrogens (tertiary/aromatic N) is 2. The summed E-state index contributed by atoms with van der Waals surface area (Å²) in [4.78, 5) is 16.3. The highest BCUT2D eigenvalue weighted by Crippen LogP contribution is 2.09. The Morgan fingerprint density at radius 2 is 2.12 bits per heavy atom. The molecule has 5 heteroatoms. The fraction of sp³-hybridized carbons (Fsp3) is 0.917. The van der Waals surface area contributed by atoms with E-state index in [1.807, 2.05) is 23.7 Å². The maximum Gasteiger partial charge on any atom is 0.236 e. The normalized spacial score (nSPS) is 19.0. The van der Waals surface area contributed by atoms with E-state index in [1.54, 1.807) is 0 Å². The Kier molecular flexibility index (Phi) is 6.92. The number of carbonyl (C=O) groups excluding carboxylic acids is 1. The zero-order valence-electron chi connectivity index (χ0n) is 11.2. The quantitative estimate of drug-likeness (QED) is 0.753. The van der Waals surface area contributed by atoms with Crippen LogP contribution in [0.2, 0.25) is 0 Å². The van der Waals surface area contributed by atoms with Gasteiger partial charge in [0.15, 0.2) is 0 Å². The van der Waals surface area contributed by atoms with Gasteiger partial charge in [-0.2, -0.15) is 11.8 Å². The predicted octanol–water partition coefficient (Wildman–Crippen LogP) is 0.492. The molecule has 1 amide bonds. The molecule has 1 aliphatic rings. The van der Waals surface area contributed by atoms with Crippen molar-refractivity contribution in [3.8, 4) is 0 Å². The third-order valence-corrected chi connectivity index (χ3v) is 4.06. The van der Waals surface area contributed by atoms with Gasteiger partial charge in [0.25, 0.3) is 0 Å². The van der Waals surface area contributed by atoms with Crippen LogP contribution >= 0.6 is 11.8 Å². The van der Waals surface area contributed by atoms with Crippen molar-refractivity contribution in [3.63, 3.8) is 0 Å². The number of thioether (sulfide) groups is 1. The fourth-order valence-electron chi connectivity index (χ4n) is 2.07. The molecule has 17 heavy (non-hydrogen) atoms. The van der Waals surface area contributed by atoms with Crippen molar-refractivity contribution in [3.05, 3.63) is 0 Å². The molecular formula is C12H25N3OS. The van der Waals surface area contributed by atoms with Crippen LogP contribution in [0, 0.1) is 0 Å². The summed E-state index contributed by atoms with van der Waals surface area (Å²) in [6, 6.07) is 0.375. The molecule has 4 nitrogen and oxygen atoms in total.